The Kier molecular flexibility index (Phi) is 5.11. The van der Waals surface area contributed by atoms with Gasteiger partial charge in [-0.2, -0.15) is 0 Å². The Balaban J connectivity index is 1.80. The van der Waals surface area contributed by atoms with Crippen molar-refractivity contribution >= 4 is 5.91 Å². The summed E-state index contributed by atoms with van der Waals surface area (Å²) in [6.07, 6.45) is 2.40. The van der Waals surface area contributed by atoms with Crippen LogP contribution in [0.4, 0.5) is 0 Å². The zero-order chi connectivity index (χ0) is 16.9. The molecule has 1 saturated heterocycles. The van der Waals surface area contributed by atoms with Crippen molar-refractivity contribution in [3.63, 3.8) is 0 Å². The lowest BCUT2D eigenvalue weighted by molar-refractivity contribution is 0.0925. The number of nitrogens with zero attached hydrogens (tertiary/aromatic N) is 1. The molecule has 126 valence electrons. The number of pyridine rings is 1. The van der Waals surface area contributed by atoms with E-state index in [1.165, 1.54) is 12.8 Å². The Bertz CT molecular complexity index is 749. The fraction of sp³-hybridized carbons (Fsp3) is 0.368. The first-order chi connectivity index (χ1) is 11.6. The average Bonchev–Trinajstić information content (AvgIpc) is 3.08. The van der Waals surface area contributed by atoms with Crippen molar-refractivity contribution in [1.82, 2.24) is 15.2 Å². The van der Waals surface area contributed by atoms with E-state index in [2.05, 4.69) is 15.2 Å². The minimum atomic E-state index is -0.347. The third kappa shape index (κ3) is 3.92. The summed E-state index contributed by atoms with van der Waals surface area (Å²) in [6, 6.07) is 13.1. The molecule has 1 aromatic heterocycles. The molecule has 1 aliphatic heterocycles. The molecule has 1 atom stereocenters. The lowest BCUT2D eigenvalue weighted by Gasteiger charge is -2.25. The molecule has 0 unspecified atom stereocenters. The fourth-order valence-electron chi connectivity index (χ4n) is 3.13. The van der Waals surface area contributed by atoms with Crippen LogP contribution in [0.5, 0.6) is 0 Å². The Morgan fingerprint density at radius 2 is 1.88 bits per heavy atom. The van der Waals surface area contributed by atoms with Gasteiger partial charge in [-0.15, -0.1) is 0 Å². The van der Waals surface area contributed by atoms with Crippen LogP contribution in [0.3, 0.4) is 0 Å². The Morgan fingerprint density at radius 3 is 2.54 bits per heavy atom. The second-order valence-electron chi connectivity index (χ2n) is 6.33. The number of aromatic amines is 1. The second kappa shape index (κ2) is 7.45. The van der Waals surface area contributed by atoms with Crippen LogP contribution in [0.15, 0.2) is 47.3 Å². The van der Waals surface area contributed by atoms with Crippen LogP contribution in [-0.4, -0.2) is 35.4 Å². The predicted molar refractivity (Wildman–Crippen MR) is 94.1 cm³/mol. The van der Waals surface area contributed by atoms with Crippen LogP contribution in [0, 0.1) is 6.92 Å². The summed E-state index contributed by atoms with van der Waals surface area (Å²) in [6.45, 7) is 4.68. The first-order valence-electron chi connectivity index (χ1n) is 8.41. The maximum atomic E-state index is 12.6. The maximum absolute atomic E-state index is 12.6. The Hall–Kier alpha value is -2.40. The van der Waals surface area contributed by atoms with Crippen LogP contribution < -0.4 is 10.9 Å². The van der Waals surface area contributed by atoms with Crippen molar-refractivity contribution in [3.05, 3.63) is 69.6 Å². The third-order valence-electron chi connectivity index (χ3n) is 4.45. The molecular weight excluding hydrogens is 302 g/mol. The van der Waals surface area contributed by atoms with E-state index in [1.807, 2.05) is 30.3 Å². The van der Waals surface area contributed by atoms with E-state index in [0.29, 0.717) is 0 Å². The SMILES string of the molecule is Cc1ccc(C(=O)N[C@H](CN2CCCC2)c2ccccc2)c(=O)[nH]1. The highest BCUT2D eigenvalue weighted by Crippen LogP contribution is 2.18. The van der Waals surface area contributed by atoms with Gasteiger partial charge in [0.25, 0.3) is 11.5 Å². The number of amides is 1. The van der Waals surface area contributed by atoms with Crippen molar-refractivity contribution in [3.8, 4) is 0 Å². The number of H-pyrrole nitrogens is 1. The molecule has 5 heteroatoms. The van der Waals surface area contributed by atoms with Gasteiger partial charge >= 0.3 is 0 Å². The van der Waals surface area contributed by atoms with Gasteiger partial charge in [0.15, 0.2) is 0 Å². The predicted octanol–water partition coefficient (Wildman–Crippen LogP) is 2.25. The minimum absolute atomic E-state index is 0.127. The standard InChI is InChI=1S/C19H23N3O2/c1-14-9-10-16(18(23)20-14)19(24)21-17(13-22-11-5-6-12-22)15-7-3-2-4-8-15/h2-4,7-10,17H,5-6,11-13H2,1H3,(H,20,23)(H,21,24)/t17-/m1/s1. The topological polar surface area (TPSA) is 65.2 Å². The van der Waals surface area contributed by atoms with E-state index in [1.54, 1.807) is 19.1 Å². The van der Waals surface area contributed by atoms with Crippen molar-refractivity contribution < 1.29 is 4.79 Å². The summed E-state index contributed by atoms with van der Waals surface area (Å²) < 4.78 is 0. The maximum Gasteiger partial charge on any atom is 0.260 e. The lowest BCUT2D eigenvalue weighted by atomic mass is 10.1. The summed E-state index contributed by atoms with van der Waals surface area (Å²) >= 11 is 0. The molecule has 0 bridgehead atoms. The highest BCUT2D eigenvalue weighted by atomic mass is 16.2. The normalized spacial score (nSPS) is 16.0. The number of rotatable bonds is 5. The number of benzene rings is 1. The van der Waals surface area contributed by atoms with Gasteiger partial charge in [0.1, 0.15) is 5.56 Å². The van der Waals surface area contributed by atoms with E-state index in [-0.39, 0.29) is 23.1 Å². The molecule has 0 aliphatic carbocycles. The highest BCUT2D eigenvalue weighted by molar-refractivity contribution is 5.94. The number of hydrogen-bond acceptors (Lipinski definition) is 3. The summed E-state index contributed by atoms with van der Waals surface area (Å²) in [5.74, 6) is -0.329. The molecule has 3 rings (SSSR count). The van der Waals surface area contributed by atoms with Gasteiger partial charge in [-0.05, 0) is 50.6 Å². The van der Waals surface area contributed by atoms with E-state index >= 15 is 0 Å². The molecular formula is C19H23N3O2. The first-order valence-corrected chi connectivity index (χ1v) is 8.41. The number of carbonyl (C=O) groups excluding carboxylic acids is 1. The summed E-state index contributed by atoms with van der Waals surface area (Å²) in [5, 5.41) is 3.04. The zero-order valence-electron chi connectivity index (χ0n) is 13.9. The van der Waals surface area contributed by atoms with Crippen molar-refractivity contribution in [2.45, 2.75) is 25.8 Å². The Labute approximate surface area is 141 Å². The van der Waals surface area contributed by atoms with Gasteiger partial charge in [0.2, 0.25) is 0 Å². The smallest absolute Gasteiger partial charge is 0.260 e. The molecule has 0 saturated carbocycles. The lowest BCUT2D eigenvalue weighted by Crippen LogP contribution is -2.38. The number of aryl methyl sites for hydroxylation is 1. The summed E-state index contributed by atoms with van der Waals surface area (Å²) in [7, 11) is 0. The van der Waals surface area contributed by atoms with E-state index < -0.39 is 0 Å². The molecule has 1 amide bonds. The second-order valence-corrected chi connectivity index (χ2v) is 6.33. The molecule has 1 aromatic carbocycles. The van der Waals surface area contributed by atoms with Crippen LogP contribution in [0.25, 0.3) is 0 Å². The van der Waals surface area contributed by atoms with Crippen LogP contribution in [0.2, 0.25) is 0 Å². The van der Waals surface area contributed by atoms with Crippen molar-refractivity contribution in [1.29, 1.82) is 0 Å². The number of aromatic nitrogens is 1. The molecule has 2 aromatic rings. The van der Waals surface area contributed by atoms with Gasteiger partial charge < -0.3 is 15.2 Å². The van der Waals surface area contributed by atoms with Crippen LogP contribution in [-0.2, 0) is 0 Å². The average molecular weight is 325 g/mol. The number of hydrogen-bond donors (Lipinski definition) is 2. The van der Waals surface area contributed by atoms with Gasteiger partial charge in [-0.1, -0.05) is 30.3 Å². The molecule has 0 radical (unpaired) electrons. The molecule has 0 spiro atoms. The largest absolute Gasteiger partial charge is 0.344 e. The Morgan fingerprint density at radius 1 is 1.17 bits per heavy atom. The van der Waals surface area contributed by atoms with Gasteiger partial charge in [0, 0.05) is 12.2 Å². The van der Waals surface area contributed by atoms with Gasteiger partial charge in [0.05, 0.1) is 6.04 Å². The number of carbonyl (C=O) groups is 1. The monoisotopic (exact) mass is 325 g/mol. The van der Waals surface area contributed by atoms with Crippen LogP contribution >= 0.6 is 0 Å². The highest BCUT2D eigenvalue weighted by Gasteiger charge is 2.22. The van der Waals surface area contributed by atoms with Crippen molar-refractivity contribution in [2.24, 2.45) is 0 Å². The summed E-state index contributed by atoms with van der Waals surface area (Å²) in [4.78, 5) is 29.6. The van der Waals surface area contributed by atoms with Crippen molar-refractivity contribution in [2.75, 3.05) is 19.6 Å². The summed E-state index contributed by atoms with van der Waals surface area (Å²) in [5.41, 5.74) is 1.61. The zero-order valence-corrected chi connectivity index (χ0v) is 13.9. The molecule has 2 N–H and O–H groups in total. The molecule has 24 heavy (non-hydrogen) atoms. The molecule has 1 fully saturated rings. The number of nitrogens with one attached hydrogen (secondary N) is 2. The minimum Gasteiger partial charge on any atom is -0.344 e. The third-order valence-corrected chi connectivity index (χ3v) is 4.45. The van der Waals surface area contributed by atoms with E-state index in [4.69, 9.17) is 0 Å². The molecule has 2 heterocycles. The van der Waals surface area contributed by atoms with E-state index in [9.17, 15) is 9.59 Å². The quantitative estimate of drug-likeness (QED) is 0.886. The van der Waals surface area contributed by atoms with E-state index in [0.717, 1.165) is 30.9 Å². The van der Waals surface area contributed by atoms with Gasteiger partial charge in [-0.25, -0.2) is 0 Å². The molecule has 5 nitrogen and oxygen atoms in total. The van der Waals surface area contributed by atoms with Gasteiger partial charge in [-0.3, -0.25) is 9.59 Å². The number of likely N-dealkylation sites (tertiary alicyclic amines) is 1. The molecule has 1 aliphatic rings. The van der Waals surface area contributed by atoms with Crippen LogP contribution in [0.1, 0.15) is 40.5 Å². The fourth-order valence-corrected chi connectivity index (χ4v) is 3.13. The first kappa shape index (κ1) is 16.5.